The number of nitriles is 1. The molecule has 19 heavy (non-hydrogen) atoms. The number of hydrogen-bond donors (Lipinski definition) is 0. The van der Waals surface area contributed by atoms with Gasteiger partial charge in [-0.1, -0.05) is 38.1 Å². The third-order valence-electron chi connectivity index (χ3n) is 4.00. The molecule has 1 saturated heterocycles. The third kappa shape index (κ3) is 2.80. The molecule has 0 aromatic heterocycles. The second-order valence-corrected chi connectivity index (χ2v) is 5.56. The molecule has 0 bridgehead atoms. The molecule has 2 rings (SSSR count). The zero-order valence-corrected chi connectivity index (χ0v) is 12.0. The number of nitrogens with zero attached hydrogens (tertiary/aromatic N) is 2. The van der Waals surface area contributed by atoms with Gasteiger partial charge in [0.05, 0.1) is 19.3 Å². The summed E-state index contributed by atoms with van der Waals surface area (Å²) in [4.78, 5) is 2.21. The number of morpholine rings is 1. The van der Waals surface area contributed by atoms with Gasteiger partial charge in [0, 0.05) is 13.1 Å². The van der Waals surface area contributed by atoms with Gasteiger partial charge in [0.2, 0.25) is 0 Å². The van der Waals surface area contributed by atoms with Crippen molar-refractivity contribution in [2.75, 3.05) is 26.3 Å². The lowest BCUT2D eigenvalue weighted by Crippen LogP contribution is -2.48. The molecule has 1 aromatic carbocycles. The highest BCUT2D eigenvalue weighted by atomic mass is 16.5. The van der Waals surface area contributed by atoms with E-state index in [1.807, 2.05) is 6.92 Å². The van der Waals surface area contributed by atoms with Crippen LogP contribution in [-0.2, 0) is 10.3 Å². The molecule has 3 heteroatoms. The average molecular weight is 258 g/mol. The van der Waals surface area contributed by atoms with Crippen LogP contribution in [0.1, 0.15) is 37.8 Å². The van der Waals surface area contributed by atoms with Gasteiger partial charge >= 0.3 is 0 Å². The Balaban J connectivity index is 2.27. The van der Waals surface area contributed by atoms with E-state index in [4.69, 9.17) is 4.74 Å². The Kier molecular flexibility index (Phi) is 4.24. The molecule has 0 N–H and O–H groups in total. The van der Waals surface area contributed by atoms with E-state index in [2.05, 4.69) is 49.1 Å². The van der Waals surface area contributed by atoms with Gasteiger partial charge in [-0.2, -0.15) is 5.26 Å². The Bertz CT molecular complexity index is 455. The SMILES string of the molecule is CC(C)c1ccc(C(C)(C#N)N2CCOCC2)cc1. The lowest BCUT2D eigenvalue weighted by molar-refractivity contribution is 0.000435. The second-order valence-electron chi connectivity index (χ2n) is 5.56. The molecule has 1 unspecified atom stereocenters. The second kappa shape index (κ2) is 5.73. The predicted octanol–water partition coefficient (Wildman–Crippen LogP) is 2.88. The van der Waals surface area contributed by atoms with Crippen LogP contribution in [0.5, 0.6) is 0 Å². The van der Waals surface area contributed by atoms with Crippen molar-refractivity contribution in [3.8, 4) is 6.07 Å². The molecule has 1 heterocycles. The molecule has 1 fully saturated rings. The highest BCUT2D eigenvalue weighted by Crippen LogP contribution is 2.29. The molecule has 1 aromatic rings. The van der Waals surface area contributed by atoms with E-state index >= 15 is 0 Å². The number of hydrogen-bond acceptors (Lipinski definition) is 3. The zero-order valence-electron chi connectivity index (χ0n) is 12.0. The first-order valence-corrected chi connectivity index (χ1v) is 6.92. The molecule has 1 aliphatic rings. The fraction of sp³-hybridized carbons (Fsp3) is 0.562. The minimum absolute atomic E-state index is 0.519. The van der Waals surface area contributed by atoms with Crippen molar-refractivity contribution in [3.05, 3.63) is 35.4 Å². The van der Waals surface area contributed by atoms with E-state index in [-0.39, 0.29) is 0 Å². The van der Waals surface area contributed by atoms with Gasteiger partial charge in [0.1, 0.15) is 5.54 Å². The highest BCUT2D eigenvalue weighted by Gasteiger charge is 2.34. The van der Waals surface area contributed by atoms with Gasteiger partial charge in [0.25, 0.3) is 0 Å². The summed E-state index contributed by atoms with van der Waals surface area (Å²) in [7, 11) is 0. The standard InChI is InChI=1S/C16H22N2O/c1-13(2)14-4-6-15(7-5-14)16(3,12-17)18-8-10-19-11-9-18/h4-7,13H,8-11H2,1-3H3. The molecule has 0 radical (unpaired) electrons. The Morgan fingerprint density at radius 1 is 1.21 bits per heavy atom. The van der Waals surface area contributed by atoms with Crippen molar-refractivity contribution in [1.29, 1.82) is 5.26 Å². The Hall–Kier alpha value is -1.37. The van der Waals surface area contributed by atoms with Crippen molar-refractivity contribution in [3.63, 3.8) is 0 Å². The van der Waals surface area contributed by atoms with E-state index < -0.39 is 5.54 Å². The Morgan fingerprint density at radius 3 is 2.26 bits per heavy atom. The molecular formula is C16H22N2O. The lowest BCUT2D eigenvalue weighted by atomic mass is 9.89. The number of benzene rings is 1. The summed E-state index contributed by atoms with van der Waals surface area (Å²) < 4.78 is 5.37. The molecule has 0 saturated carbocycles. The molecular weight excluding hydrogens is 236 g/mol. The fourth-order valence-corrected chi connectivity index (χ4v) is 2.52. The van der Waals surface area contributed by atoms with Crippen LogP contribution in [0.4, 0.5) is 0 Å². The minimum atomic E-state index is -0.556. The largest absolute Gasteiger partial charge is 0.379 e. The summed E-state index contributed by atoms with van der Waals surface area (Å²) >= 11 is 0. The van der Waals surface area contributed by atoms with E-state index in [9.17, 15) is 5.26 Å². The van der Waals surface area contributed by atoms with E-state index in [0.717, 1.165) is 18.7 Å². The van der Waals surface area contributed by atoms with Crippen LogP contribution in [-0.4, -0.2) is 31.2 Å². The topological polar surface area (TPSA) is 36.3 Å². The maximum absolute atomic E-state index is 9.64. The maximum atomic E-state index is 9.64. The van der Waals surface area contributed by atoms with Gasteiger partial charge in [-0.3, -0.25) is 4.90 Å². The summed E-state index contributed by atoms with van der Waals surface area (Å²) in [5.41, 5.74) is 1.83. The molecule has 0 amide bonds. The van der Waals surface area contributed by atoms with Crippen LogP contribution >= 0.6 is 0 Å². The smallest absolute Gasteiger partial charge is 0.132 e. The van der Waals surface area contributed by atoms with Gasteiger partial charge < -0.3 is 4.74 Å². The molecule has 0 spiro atoms. The predicted molar refractivity (Wildman–Crippen MR) is 75.9 cm³/mol. The summed E-state index contributed by atoms with van der Waals surface area (Å²) in [6.45, 7) is 9.42. The van der Waals surface area contributed by atoms with Crippen molar-refractivity contribution in [2.24, 2.45) is 0 Å². The number of ether oxygens (including phenoxy) is 1. The lowest BCUT2D eigenvalue weighted by Gasteiger charge is -2.38. The zero-order chi connectivity index (χ0) is 13.9. The Labute approximate surface area is 115 Å². The fourth-order valence-electron chi connectivity index (χ4n) is 2.52. The number of rotatable bonds is 3. The molecule has 3 nitrogen and oxygen atoms in total. The van der Waals surface area contributed by atoms with Crippen LogP contribution in [0.2, 0.25) is 0 Å². The van der Waals surface area contributed by atoms with E-state index in [1.54, 1.807) is 0 Å². The summed E-state index contributed by atoms with van der Waals surface area (Å²) in [5.74, 6) is 0.519. The summed E-state index contributed by atoms with van der Waals surface area (Å²) in [6.07, 6.45) is 0. The van der Waals surface area contributed by atoms with Crippen LogP contribution in [0, 0.1) is 11.3 Å². The highest BCUT2D eigenvalue weighted by molar-refractivity contribution is 5.34. The van der Waals surface area contributed by atoms with Gasteiger partial charge in [0.15, 0.2) is 0 Å². The molecule has 102 valence electrons. The van der Waals surface area contributed by atoms with Crippen molar-refractivity contribution in [1.82, 2.24) is 4.90 Å². The van der Waals surface area contributed by atoms with Crippen LogP contribution in [0.15, 0.2) is 24.3 Å². The van der Waals surface area contributed by atoms with Crippen LogP contribution in [0.25, 0.3) is 0 Å². The maximum Gasteiger partial charge on any atom is 0.132 e. The summed E-state index contributed by atoms with van der Waals surface area (Å²) in [5, 5.41) is 9.64. The normalized spacial score (nSPS) is 19.9. The van der Waals surface area contributed by atoms with E-state index in [1.165, 1.54) is 5.56 Å². The average Bonchev–Trinajstić information content (AvgIpc) is 2.47. The first-order valence-electron chi connectivity index (χ1n) is 6.92. The van der Waals surface area contributed by atoms with Crippen LogP contribution < -0.4 is 0 Å². The first kappa shape index (κ1) is 14.0. The first-order chi connectivity index (χ1) is 9.08. The molecule has 0 aliphatic carbocycles. The van der Waals surface area contributed by atoms with E-state index in [0.29, 0.717) is 19.1 Å². The van der Waals surface area contributed by atoms with Crippen LogP contribution in [0.3, 0.4) is 0 Å². The monoisotopic (exact) mass is 258 g/mol. The van der Waals surface area contributed by atoms with Crippen molar-refractivity contribution < 1.29 is 4.74 Å². The molecule has 1 atom stereocenters. The van der Waals surface area contributed by atoms with Crippen molar-refractivity contribution in [2.45, 2.75) is 32.2 Å². The van der Waals surface area contributed by atoms with Gasteiger partial charge in [-0.25, -0.2) is 0 Å². The molecule has 1 aliphatic heterocycles. The summed E-state index contributed by atoms with van der Waals surface area (Å²) in [6, 6.07) is 10.9. The van der Waals surface area contributed by atoms with Gasteiger partial charge in [-0.05, 0) is 24.0 Å². The Morgan fingerprint density at radius 2 is 1.79 bits per heavy atom. The quantitative estimate of drug-likeness (QED) is 0.836. The minimum Gasteiger partial charge on any atom is -0.379 e. The van der Waals surface area contributed by atoms with Gasteiger partial charge in [-0.15, -0.1) is 0 Å². The van der Waals surface area contributed by atoms with Crippen molar-refractivity contribution >= 4 is 0 Å². The third-order valence-corrected chi connectivity index (χ3v) is 4.00.